The molecule has 21 heavy (non-hydrogen) atoms. The average Bonchev–Trinajstić information content (AvgIpc) is 2.62. The molecule has 2 amide bonds. The van der Waals surface area contributed by atoms with Gasteiger partial charge in [0.15, 0.2) is 0 Å². The second kappa shape index (κ2) is 5.15. The van der Waals surface area contributed by atoms with Gasteiger partial charge in [-0.15, -0.1) is 0 Å². The summed E-state index contributed by atoms with van der Waals surface area (Å²) in [6, 6.07) is 3.97. The molecule has 112 valence electrons. The number of hydrogen-bond acceptors (Lipinski definition) is 3. The quantitative estimate of drug-likeness (QED) is 0.871. The van der Waals surface area contributed by atoms with E-state index in [1.165, 1.54) is 18.2 Å². The number of imide groups is 1. The smallest absolute Gasteiger partial charge is 0.335 e. The minimum atomic E-state index is -1.14. The van der Waals surface area contributed by atoms with Gasteiger partial charge in [0.25, 0.3) is 0 Å². The first kappa shape index (κ1) is 15.5. The summed E-state index contributed by atoms with van der Waals surface area (Å²) in [5, 5.41) is 9.21. The molecule has 1 N–H and O–H groups in total. The van der Waals surface area contributed by atoms with E-state index < -0.39 is 11.4 Å². The molecular weight excluding hydrogens is 294 g/mol. The second-order valence-electron chi connectivity index (χ2n) is 5.75. The van der Waals surface area contributed by atoms with Crippen LogP contribution in [0.2, 0.25) is 5.02 Å². The Morgan fingerprint density at radius 3 is 2.48 bits per heavy atom. The normalized spacial score (nSPS) is 22.2. The number of carboxylic acid groups (broad SMARTS) is 1. The van der Waals surface area contributed by atoms with Crippen LogP contribution in [0.3, 0.4) is 0 Å². The summed E-state index contributed by atoms with van der Waals surface area (Å²) in [5.41, 5.74) is -0.677. The molecule has 6 heteroatoms. The van der Waals surface area contributed by atoms with Gasteiger partial charge in [0.05, 0.1) is 21.7 Å². The maximum atomic E-state index is 12.6. The van der Waals surface area contributed by atoms with Crippen LogP contribution in [0.4, 0.5) is 5.69 Å². The Morgan fingerprint density at radius 2 is 2.00 bits per heavy atom. The van der Waals surface area contributed by atoms with Gasteiger partial charge in [-0.05, 0) is 31.0 Å². The van der Waals surface area contributed by atoms with Crippen LogP contribution in [0, 0.1) is 11.3 Å². The lowest BCUT2D eigenvalue weighted by molar-refractivity contribution is -0.126. The Kier molecular flexibility index (Phi) is 3.80. The number of aromatic carboxylic acids is 1. The van der Waals surface area contributed by atoms with E-state index in [-0.39, 0.29) is 40.4 Å². The Hall–Kier alpha value is -1.88. The molecule has 1 aromatic rings. The summed E-state index contributed by atoms with van der Waals surface area (Å²) < 4.78 is 0. The molecule has 5 nitrogen and oxygen atoms in total. The first-order chi connectivity index (χ1) is 9.68. The third-order valence-corrected chi connectivity index (χ3v) is 4.49. The zero-order chi connectivity index (χ0) is 15.9. The Labute approximate surface area is 127 Å². The van der Waals surface area contributed by atoms with E-state index in [1.807, 2.05) is 13.8 Å². The van der Waals surface area contributed by atoms with Crippen molar-refractivity contribution >= 4 is 35.1 Å². The highest BCUT2D eigenvalue weighted by Crippen LogP contribution is 2.43. The minimum Gasteiger partial charge on any atom is -0.478 e. The van der Waals surface area contributed by atoms with Gasteiger partial charge in [0.1, 0.15) is 0 Å². The van der Waals surface area contributed by atoms with Crippen molar-refractivity contribution in [2.75, 3.05) is 4.90 Å². The van der Waals surface area contributed by atoms with Crippen molar-refractivity contribution in [3.05, 3.63) is 28.8 Å². The van der Waals surface area contributed by atoms with Crippen molar-refractivity contribution in [3.8, 4) is 0 Å². The van der Waals surface area contributed by atoms with Gasteiger partial charge in [-0.1, -0.05) is 25.4 Å². The van der Waals surface area contributed by atoms with E-state index in [1.54, 1.807) is 6.92 Å². The van der Waals surface area contributed by atoms with Crippen molar-refractivity contribution in [2.24, 2.45) is 11.3 Å². The molecule has 1 aliphatic rings. The number of carboxylic acids is 1. The van der Waals surface area contributed by atoms with Crippen LogP contribution in [-0.4, -0.2) is 22.9 Å². The number of hydrogen-bond donors (Lipinski definition) is 1. The van der Waals surface area contributed by atoms with Gasteiger partial charge >= 0.3 is 5.97 Å². The molecule has 0 saturated carbocycles. The van der Waals surface area contributed by atoms with E-state index in [9.17, 15) is 14.4 Å². The Balaban J connectivity index is 2.52. The minimum absolute atomic E-state index is 0.0135. The number of halogens is 1. The zero-order valence-corrected chi connectivity index (χ0v) is 12.8. The lowest BCUT2D eigenvalue weighted by atomic mass is 9.78. The van der Waals surface area contributed by atoms with Gasteiger partial charge < -0.3 is 5.11 Å². The molecule has 1 atom stereocenters. The highest BCUT2D eigenvalue weighted by Gasteiger charge is 2.51. The Bertz CT molecular complexity index is 641. The standard InChI is InChI=1S/C15H16ClNO4/c1-8(2)15(3)7-12(18)17(14(15)21)11-6-9(13(19)20)4-5-10(11)16/h4-6,8H,7H2,1-3H3,(H,19,20). The summed E-state index contributed by atoms with van der Waals surface area (Å²) in [5.74, 6) is -1.86. The van der Waals surface area contributed by atoms with E-state index in [0.29, 0.717) is 0 Å². The van der Waals surface area contributed by atoms with E-state index in [2.05, 4.69) is 0 Å². The fourth-order valence-corrected chi connectivity index (χ4v) is 2.55. The van der Waals surface area contributed by atoms with Crippen LogP contribution < -0.4 is 4.90 Å². The molecular formula is C15H16ClNO4. The third-order valence-electron chi connectivity index (χ3n) is 4.17. The molecule has 1 aliphatic heterocycles. The lowest BCUT2D eigenvalue weighted by Crippen LogP contribution is -2.37. The number of rotatable bonds is 3. The Morgan fingerprint density at radius 1 is 1.38 bits per heavy atom. The van der Waals surface area contributed by atoms with E-state index in [0.717, 1.165) is 4.90 Å². The number of nitrogens with zero attached hydrogens (tertiary/aromatic N) is 1. The van der Waals surface area contributed by atoms with Gasteiger partial charge in [-0.3, -0.25) is 9.59 Å². The molecule has 0 aromatic heterocycles. The molecule has 1 fully saturated rings. The summed E-state index contributed by atoms with van der Waals surface area (Å²) in [6.07, 6.45) is 0.0944. The van der Waals surface area contributed by atoms with Crippen LogP contribution in [0.15, 0.2) is 18.2 Å². The molecule has 2 rings (SSSR count). The summed E-state index contributed by atoms with van der Waals surface area (Å²) in [7, 11) is 0. The van der Waals surface area contributed by atoms with E-state index in [4.69, 9.17) is 16.7 Å². The first-order valence-corrected chi connectivity index (χ1v) is 6.96. The maximum Gasteiger partial charge on any atom is 0.335 e. The van der Waals surface area contributed by atoms with Gasteiger partial charge in [-0.25, -0.2) is 9.69 Å². The van der Waals surface area contributed by atoms with Crippen LogP contribution >= 0.6 is 11.6 Å². The van der Waals surface area contributed by atoms with Gasteiger partial charge in [0, 0.05) is 6.42 Å². The molecule has 0 bridgehead atoms. The fourth-order valence-electron chi connectivity index (χ4n) is 2.35. The zero-order valence-electron chi connectivity index (χ0n) is 12.0. The molecule has 0 radical (unpaired) electrons. The van der Waals surface area contributed by atoms with Crippen molar-refractivity contribution in [1.29, 1.82) is 0 Å². The highest BCUT2D eigenvalue weighted by molar-refractivity contribution is 6.36. The molecule has 1 saturated heterocycles. The largest absolute Gasteiger partial charge is 0.478 e. The number of carbonyl (C=O) groups is 3. The molecule has 0 aliphatic carbocycles. The predicted molar refractivity (Wildman–Crippen MR) is 78.5 cm³/mol. The number of benzene rings is 1. The maximum absolute atomic E-state index is 12.6. The summed E-state index contributed by atoms with van der Waals surface area (Å²) >= 11 is 6.05. The van der Waals surface area contributed by atoms with Gasteiger partial charge in [0.2, 0.25) is 11.8 Å². The van der Waals surface area contributed by atoms with Crippen LogP contribution in [0.1, 0.15) is 37.6 Å². The molecule has 1 heterocycles. The van der Waals surface area contributed by atoms with Crippen molar-refractivity contribution in [2.45, 2.75) is 27.2 Å². The molecule has 1 unspecified atom stereocenters. The fraction of sp³-hybridized carbons (Fsp3) is 0.400. The van der Waals surface area contributed by atoms with Gasteiger partial charge in [-0.2, -0.15) is 0 Å². The number of anilines is 1. The first-order valence-electron chi connectivity index (χ1n) is 6.58. The molecule has 1 aromatic carbocycles. The lowest BCUT2D eigenvalue weighted by Gasteiger charge is -2.26. The monoisotopic (exact) mass is 309 g/mol. The SMILES string of the molecule is CC(C)C1(C)CC(=O)N(c2cc(C(=O)O)ccc2Cl)C1=O. The average molecular weight is 310 g/mol. The van der Waals surface area contributed by atoms with Crippen molar-refractivity contribution in [3.63, 3.8) is 0 Å². The second-order valence-corrected chi connectivity index (χ2v) is 6.16. The number of amides is 2. The van der Waals surface area contributed by atoms with Crippen LogP contribution in [0.25, 0.3) is 0 Å². The molecule has 0 spiro atoms. The van der Waals surface area contributed by atoms with Crippen molar-refractivity contribution in [1.82, 2.24) is 0 Å². The number of carbonyl (C=O) groups excluding carboxylic acids is 2. The highest BCUT2D eigenvalue weighted by atomic mass is 35.5. The third kappa shape index (κ3) is 2.42. The topological polar surface area (TPSA) is 74.7 Å². The predicted octanol–water partition coefficient (Wildman–Crippen LogP) is 2.96. The summed E-state index contributed by atoms with van der Waals surface area (Å²) in [6.45, 7) is 5.50. The summed E-state index contributed by atoms with van der Waals surface area (Å²) in [4.78, 5) is 36.9. The van der Waals surface area contributed by atoms with Crippen LogP contribution in [-0.2, 0) is 9.59 Å². The van der Waals surface area contributed by atoms with Crippen LogP contribution in [0.5, 0.6) is 0 Å². The van der Waals surface area contributed by atoms with Crippen molar-refractivity contribution < 1.29 is 19.5 Å². The van der Waals surface area contributed by atoms with E-state index >= 15 is 0 Å².